The summed E-state index contributed by atoms with van der Waals surface area (Å²) in [6, 6.07) is 11.2. The van der Waals surface area contributed by atoms with Crippen LogP contribution in [0.25, 0.3) is 23.0 Å². The molecule has 0 fully saturated rings. The number of aromatic nitrogens is 5. The van der Waals surface area contributed by atoms with Crippen molar-refractivity contribution in [3.8, 4) is 23.0 Å². The number of nitrogens with zero attached hydrogens (tertiary/aromatic N) is 5. The standard InChI is InChI=1S/C12H8N5/c1-3-7-13-9(5-1)11-15-12(17-16-11)10-6-2-4-8-14-10/h1-8H/q-1. The Morgan fingerprint density at radius 3 is 1.65 bits per heavy atom. The van der Waals surface area contributed by atoms with E-state index in [0.29, 0.717) is 23.0 Å². The Bertz CT molecular complexity index is 549. The van der Waals surface area contributed by atoms with Crippen molar-refractivity contribution in [3.63, 3.8) is 0 Å². The summed E-state index contributed by atoms with van der Waals surface area (Å²) in [5.74, 6) is 1.04. The van der Waals surface area contributed by atoms with Crippen molar-refractivity contribution >= 4 is 0 Å². The molecule has 0 aliphatic carbocycles. The van der Waals surface area contributed by atoms with E-state index in [1.54, 1.807) is 12.4 Å². The van der Waals surface area contributed by atoms with E-state index in [-0.39, 0.29) is 0 Å². The molecular weight excluding hydrogens is 214 g/mol. The van der Waals surface area contributed by atoms with Crippen LogP contribution in [0.1, 0.15) is 0 Å². The Balaban J connectivity index is 1.99. The summed E-state index contributed by atoms with van der Waals surface area (Å²) in [5, 5.41) is 8.00. The molecule has 0 radical (unpaired) electrons. The first-order chi connectivity index (χ1) is 8.43. The Labute approximate surface area is 97.6 Å². The molecule has 3 aromatic heterocycles. The zero-order valence-electron chi connectivity index (χ0n) is 8.85. The zero-order chi connectivity index (χ0) is 11.5. The summed E-state index contributed by atoms with van der Waals surface area (Å²) in [6.07, 6.45) is 3.40. The molecule has 0 N–H and O–H groups in total. The highest BCUT2D eigenvalue weighted by atomic mass is 15.2. The van der Waals surface area contributed by atoms with Crippen LogP contribution in [0.2, 0.25) is 0 Å². The lowest BCUT2D eigenvalue weighted by Crippen LogP contribution is -1.88. The fourth-order valence-corrected chi connectivity index (χ4v) is 1.45. The Hall–Kier alpha value is -2.56. The maximum Gasteiger partial charge on any atom is 0.0757 e. The predicted molar refractivity (Wildman–Crippen MR) is 61.8 cm³/mol. The van der Waals surface area contributed by atoms with Gasteiger partial charge in [0.25, 0.3) is 0 Å². The lowest BCUT2D eigenvalue weighted by molar-refractivity contribution is 1.08. The van der Waals surface area contributed by atoms with E-state index in [0.717, 1.165) is 0 Å². The molecule has 5 nitrogen and oxygen atoms in total. The highest BCUT2D eigenvalue weighted by Crippen LogP contribution is 2.14. The summed E-state index contributed by atoms with van der Waals surface area (Å²) in [4.78, 5) is 12.6. The lowest BCUT2D eigenvalue weighted by Gasteiger charge is -1.99. The van der Waals surface area contributed by atoms with Gasteiger partial charge in [-0.2, -0.15) is 0 Å². The van der Waals surface area contributed by atoms with E-state index < -0.39 is 0 Å². The first-order valence-corrected chi connectivity index (χ1v) is 5.14. The van der Waals surface area contributed by atoms with Crippen molar-refractivity contribution < 1.29 is 0 Å². The van der Waals surface area contributed by atoms with Crippen molar-refractivity contribution in [3.05, 3.63) is 48.8 Å². The molecule has 17 heavy (non-hydrogen) atoms. The van der Waals surface area contributed by atoms with E-state index in [9.17, 15) is 0 Å². The lowest BCUT2D eigenvalue weighted by atomic mass is 10.3. The van der Waals surface area contributed by atoms with Gasteiger partial charge in [-0.05, 0) is 24.3 Å². The summed E-state index contributed by atoms with van der Waals surface area (Å²) in [5.41, 5.74) is 1.42. The van der Waals surface area contributed by atoms with Gasteiger partial charge in [0.2, 0.25) is 0 Å². The molecule has 3 heterocycles. The van der Waals surface area contributed by atoms with Gasteiger partial charge in [-0.3, -0.25) is 9.97 Å². The summed E-state index contributed by atoms with van der Waals surface area (Å²) < 4.78 is 0. The van der Waals surface area contributed by atoms with Gasteiger partial charge in [0.1, 0.15) is 0 Å². The molecule has 0 spiro atoms. The van der Waals surface area contributed by atoms with Crippen molar-refractivity contribution in [2.75, 3.05) is 0 Å². The Morgan fingerprint density at radius 2 is 1.24 bits per heavy atom. The van der Waals surface area contributed by atoms with E-state index in [1.165, 1.54) is 0 Å². The third-order valence-electron chi connectivity index (χ3n) is 2.24. The van der Waals surface area contributed by atoms with Crippen molar-refractivity contribution in [1.82, 2.24) is 25.1 Å². The van der Waals surface area contributed by atoms with E-state index >= 15 is 0 Å². The first-order valence-electron chi connectivity index (χ1n) is 5.14. The van der Waals surface area contributed by atoms with Gasteiger partial charge in [-0.15, -0.1) is 0 Å². The van der Waals surface area contributed by atoms with Crippen LogP contribution in [-0.2, 0) is 0 Å². The monoisotopic (exact) mass is 222 g/mol. The molecule has 3 rings (SSSR count). The Morgan fingerprint density at radius 1 is 0.706 bits per heavy atom. The van der Waals surface area contributed by atoms with E-state index in [1.807, 2.05) is 36.4 Å². The predicted octanol–water partition coefficient (Wildman–Crippen LogP) is 1.56. The van der Waals surface area contributed by atoms with Crippen molar-refractivity contribution in [2.45, 2.75) is 0 Å². The third kappa shape index (κ3) is 1.90. The zero-order valence-corrected chi connectivity index (χ0v) is 8.85. The molecule has 0 bridgehead atoms. The molecule has 0 unspecified atom stereocenters. The maximum absolute atomic E-state index is 4.30. The molecule has 0 aliphatic heterocycles. The van der Waals surface area contributed by atoms with Gasteiger partial charge in [-0.25, -0.2) is 0 Å². The van der Waals surface area contributed by atoms with Crippen LogP contribution < -0.4 is 4.98 Å². The average Bonchev–Trinajstić information content (AvgIpc) is 2.90. The van der Waals surface area contributed by atoms with Gasteiger partial charge in [0, 0.05) is 24.0 Å². The fraction of sp³-hybridized carbons (Fsp3) is 0. The van der Waals surface area contributed by atoms with Gasteiger partial charge in [0.05, 0.1) is 11.4 Å². The fourth-order valence-electron chi connectivity index (χ4n) is 1.45. The normalized spacial score (nSPS) is 10.4. The number of hydrogen-bond donors (Lipinski definition) is 0. The summed E-state index contributed by atoms with van der Waals surface area (Å²) >= 11 is 0. The highest BCUT2D eigenvalue weighted by molar-refractivity contribution is 5.54. The maximum atomic E-state index is 4.30. The molecule has 0 aromatic carbocycles. The van der Waals surface area contributed by atoms with Crippen LogP contribution >= 0.6 is 0 Å². The molecule has 0 amide bonds. The second kappa shape index (κ2) is 4.13. The number of pyridine rings is 2. The number of rotatable bonds is 2. The SMILES string of the molecule is c1ccc(-c2nnc(-c3ccccn3)[n-]2)nc1. The highest BCUT2D eigenvalue weighted by Gasteiger charge is 1.99. The van der Waals surface area contributed by atoms with Crippen LogP contribution in [-0.4, -0.2) is 20.2 Å². The first kappa shape index (κ1) is 9.65. The van der Waals surface area contributed by atoms with Crippen molar-refractivity contribution in [2.24, 2.45) is 0 Å². The molecule has 0 atom stereocenters. The van der Waals surface area contributed by atoms with Crippen LogP contribution in [0, 0.1) is 0 Å². The average molecular weight is 222 g/mol. The minimum Gasteiger partial charge on any atom is -0.354 e. The van der Waals surface area contributed by atoms with Crippen LogP contribution in [0.4, 0.5) is 0 Å². The smallest absolute Gasteiger partial charge is 0.0757 e. The van der Waals surface area contributed by atoms with Gasteiger partial charge >= 0.3 is 0 Å². The van der Waals surface area contributed by atoms with E-state index in [4.69, 9.17) is 0 Å². The summed E-state index contributed by atoms with van der Waals surface area (Å²) in [7, 11) is 0. The molecular formula is C12H8N5-. The minimum absolute atomic E-state index is 0.520. The molecule has 0 saturated heterocycles. The van der Waals surface area contributed by atoms with Gasteiger partial charge < -0.3 is 15.2 Å². The van der Waals surface area contributed by atoms with Gasteiger partial charge in [0.15, 0.2) is 0 Å². The van der Waals surface area contributed by atoms with Crippen molar-refractivity contribution in [1.29, 1.82) is 0 Å². The number of hydrogen-bond acceptors (Lipinski definition) is 4. The largest absolute Gasteiger partial charge is 0.354 e. The van der Waals surface area contributed by atoms with Crippen LogP contribution in [0.15, 0.2) is 48.8 Å². The molecule has 5 heteroatoms. The molecule has 0 aliphatic rings. The quantitative estimate of drug-likeness (QED) is 0.658. The minimum atomic E-state index is 0.520. The third-order valence-corrected chi connectivity index (χ3v) is 2.24. The molecule has 3 aromatic rings. The van der Waals surface area contributed by atoms with Crippen LogP contribution in [0.3, 0.4) is 0 Å². The summed E-state index contributed by atoms with van der Waals surface area (Å²) in [6.45, 7) is 0. The second-order valence-corrected chi connectivity index (χ2v) is 3.39. The van der Waals surface area contributed by atoms with Crippen LogP contribution in [0.5, 0.6) is 0 Å². The molecule has 82 valence electrons. The van der Waals surface area contributed by atoms with Gasteiger partial charge in [-0.1, -0.05) is 12.1 Å². The Kier molecular flexibility index (Phi) is 2.34. The second-order valence-electron chi connectivity index (χ2n) is 3.39. The topological polar surface area (TPSA) is 65.7 Å². The van der Waals surface area contributed by atoms with E-state index in [2.05, 4.69) is 25.1 Å². The molecule has 0 saturated carbocycles.